The lowest BCUT2D eigenvalue weighted by Gasteiger charge is -2.08. The number of nitrogens with one attached hydrogen (secondary N) is 1. The van der Waals surface area contributed by atoms with Gasteiger partial charge < -0.3 is 9.84 Å². The summed E-state index contributed by atoms with van der Waals surface area (Å²) in [5.74, 6) is -1.50. The molecule has 0 saturated heterocycles. The predicted molar refractivity (Wildman–Crippen MR) is 92.2 cm³/mol. The number of halogens is 3. The maximum atomic E-state index is 12.7. The van der Waals surface area contributed by atoms with E-state index in [2.05, 4.69) is 10.5 Å². The molecule has 2 aromatic carbocycles. The van der Waals surface area contributed by atoms with Crippen LogP contribution in [0.4, 0.5) is 18.9 Å². The molecule has 2 N–H and O–H groups in total. The molecule has 148 valence electrons. The average molecular weight is 397 g/mol. The summed E-state index contributed by atoms with van der Waals surface area (Å²) in [5, 5.41) is 24.2. The van der Waals surface area contributed by atoms with Crippen molar-refractivity contribution in [2.24, 2.45) is 5.10 Å². The monoisotopic (exact) mass is 397 g/mol. The van der Waals surface area contributed by atoms with E-state index in [1.54, 1.807) is 0 Å². The fourth-order valence-electron chi connectivity index (χ4n) is 2.24. The Hall–Kier alpha value is -3.63. The molecule has 2 rings (SSSR count). The number of alkyl halides is 3. The molecule has 0 aromatic heterocycles. The van der Waals surface area contributed by atoms with Gasteiger partial charge in [0.1, 0.15) is 0 Å². The molecule has 0 fully saturated rings. The minimum atomic E-state index is -4.52. The minimum absolute atomic E-state index is 0.143. The number of nitro benzene ring substituents is 1. The van der Waals surface area contributed by atoms with Crippen molar-refractivity contribution < 1.29 is 32.7 Å². The van der Waals surface area contributed by atoms with Crippen LogP contribution in [0.15, 0.2) is 41.5 Å². The highest BCUT2D eigenvalue weighted by Crippen LogP contribution is 2.36. The maximum absolute atomic E-state index is 12.7. The summed E-state index contributed by atoms with van der Waals surface area (Å²) in [6, 6.07) is 6.58. The van der Waals surface area contributed by atoms with E-state index in [0.29, 0.717) is 0 Å². The lowest BCUT2D eigenvalue weighted by Crippen LogP contribution is -2.20. The van der Waals surface area contributed by atoms with Crippen LogP contribution in [0.25, 0.3) is 0 Å². The highest BCUT2D eigenvalue weighted by Gasteiger charge is 2.30. The molecular formula is C17H14F3N3O5. The van der Waals surface area contributed by atoms with Crippen LogP contribution in [0.1, 0.15) is 16.7 Å². The lowest BCUT2D eigenvalue weighted by atomic mass is 10.1. The van der Waals surface area contributed by atoms with Crippen molar-refractivity contribution in [1.82, 2.24) is 5.43 Å². The normalized spacial score (nSPS) is 11.4. The number of aromatic hydroxyl groups is 1. The molecule has 0 heterocycles. The molecule has 11 heteroatoms. The number of benzene rings is 2. The number of amides is 1. The number of carbonyl (C=O) groups is 1. The quantitative estimate of drug-likeness (QED) is 0.442. The zero-order valence-corrected chi connectivity index (χ0v) is 14.4. The standard InChI is InChI=1S/C17H14F3N3O5/c1-28-14-7-11(6-13(16(14)25)23(26)27)9-21-22-15(24)8-10-3-2-4-12(5-10)17(18,19)20/h2-7,9,25H,8H2,1H3,(H,22,24)/b21-9+. The number of ether oxygens (including phenoxy) is 1. The Morgan fingerprint density at radius 2 is 2.07 bits per heavy atom. The van der Waals surface area contributed by atoms with Crippen LogP contribution in [0.2, 0.25) is 0 Å². The van der Waals surface area contributed by atoms with Gasteiger partial charge in [-0.2, -0.15) is 18.3 Å². The van der Waals surface area contributed by atoms with Gasteiger partial charge in [0.15, 0.2) is 5.75 Å². The Labute approximate surface area is 156 Å². The summed E-state index contributed by atoms with van der Waals surface area (Å²) < 4.78 is 42.9. The van der Waals surface area contributed by atoms with Crippen molar-refractivity contribution in [2.45, 2.75) is 12.6 Å². The van der Waals surface area contributed by atoms with E-state index >= 15 is 0 Å². The number of hydrogen-bond acceptors (Lipinski definition) is 6. The Morgan fingerprint density at radius 1 is 1.36 bits per heavy atom. The van der Waals surface area contributed by atoms with E-state index in [4.69, 9.17) is 4.74 Å². The number of hydrogen-bond donors (Lipinski definition) is 2. The molecule has 0 aliphatic rings. The van der Waals surface area contributed by atoms with Gasteiger partial charge in [0.05, 0.1) is 30.2 Å². The largest absolute Gasteiger partial charge is 0.500 e. The van der Waals surface area contributed by atoms with E-state index in [9.17, 15) is 33.2 Å². The number of hydrazone groups is 1. The highest BCUT2D eigenvalue weighted by molar-refractivity contribution is 5.85. The zero-order valence-electron chi connectivity index (χ0n) is 14.4. The van der Waals surface area contributed by atoms with Crippen molar-refractivity contribution in [1.29, 1.82) is 0 Å². The molecule has 0 radical (unpaired) electrons. The summed E-state index contributed by atoms with van der Waals surface area (Å²) in [7, 11) is 1.20. The Kier molecular flexibility index (Phi) is 6.18. The highest BCUT2D eigenvalue weighted by atomic mass is 19.4. The molecule has 0 aliphatic heterocycles. The molecule has 0 saturated carbocycles. The number of phenols is 1. The number of nitrogens with zero attached hydrogens (tertiary/aromatic N) is 2. The maximum Gasteiger partial charge on any atom is 0.416 e. The fourth-order valence-corrected chi connectivity index (χ4v) is 2.24. The lowest BCUT2D eigenvalue weighted by molar-refractivity contribution is -0.386. The van der Waals surface area contributed by atoms with Crippen molar-refractivity contribution in [2.75, 3.05) is 7.11 Å². The van der Waals surface area contributed by atoms with Gasteiger partial charge in [-0.3, -0.25) is 14.9 Å². The summed E-state index contributed by atoms with van der Waals surface area (Å²) in [5.41, 5.74) is 0.926. The van der Waals surface area contributed by atoms with Gasteiger partial charge in [0.25, 0.3) is 0 Å². The predicted octanol–water partition coefficient (Wildman–Crippen LogP) is 3.02. The van der Waals surface area contributed by atoms with E-state index < -0.39 is 34.0 Å². The zero-order chi connectivity index (χ0) is 20.9. The summed E-state index contributed by atoms with van der Waals surface area (Å²) in [6.45, 7) is 0. The topological polar surface area (TPSA) is 114 Å². The molecule has 28 heavy (non-hydrogen) atoms. The van der Waals surface area contributed by atoms with Crippen LogP contribution in [0.5, 0.6) is 11.5 Å². The number of phenolic OH excluding ortho intramolecular Hbond substituents is 1. The molecule has 8 nitrogen and oxygen atoms in total. The first-order chi connectivity index (χ1) is 13.1. The van der Waals surface area contributed by atoms with Crippen LogP contribution in [-0.4, -0.2) is 29.3 Å². The van der Waals surface area contributed by atoms with Crippen LogP contribution >= 0.6 is 0 Å². The van der Waals surface area contributed by atoms with Gasteiger partial charge >= 0.3 is 11.9 Å². The molecular weight excluding hydrogens is 383 g/mol. The molecule has 1 amide bonds. The van der Waals surface area contributed by atoms with E-state index in [1.807, 2.05) is 0 Å². The molecule has 0 atom stereocenters. The summed E-state index contributed by atoms with van der Waals surface area (Å²) in [6.07, 6.45) is -3.80. The first-order valence-electron chi connectivity index (χ1n) is 7.65. The molecule has 0 spiro atoms. The third-order valence-corrected chi connectivity index (χ3v) is 3.52. The van der Waals surface area contributed by atoms with Crippen molar-refractivity contribution in [3.05, 3.63) is 63.2 Å². The van der Waals surface area contributed by atoms with Gasteiger partial charge in [-0.05, 0) is 17.7 Å². The average Bonchev–Trinajstić information content (AvgIpc) is 2.62. The van der Waals surface area contributed by atoms with E-state index in [-0.39, 0.29) is 23.3 Å². The van der Waals surface area contributed by atoms with E-state index in [0.717, 1.165) is 24.4 Å². The third kappa shape index (κ3) is 5.19. The second-order valence-corrected chi connectivity index (χ2v) is 5.52. The second-order valence-electron chi connectivity index (χ2n) is 5.52. The first kappa shape index (κ1) is 20.7. The smallest absolute Gasteiger partial charge is 0.416 e. The first-order valence-corrected chi connectivity index (χ1v) is 7.65. The molecule has 2 aromatic rings. The SMILES string of the molecule is COc1cc(/C=N/NC(=O)Cc2cccc(C(F)(F)F)c2)cc([N+](=O)[O-])c1O. The van der Waals surface area contributed by atoms with E-state index in [1.165, 1.54) is 25.3 Å². The van der Waals surface area contributed by atoms with Crippen LogP contribution in [0, 0.1) is 10.1 Å². The Morgan fingerprint density at radius 3 is 2.68 bits per heavy atom. The van der Waals surface area contributed by atoms with Crippen molar-refractivity contribution in [3.63, 3.8) is 0 Å². The Bertz CT molecular complexity index is 929. The van der Waals surface area contributed by atoms with Gasteiger partial charge in [-0.1, -0.05) is 18.2 Å². The number of carbonyl (C=O) groups excluding carboxylic acids is 1. The molecule has 0 aliphatic carbocycles. The van der Waals surface area contributed by atoms with Gasteiger partial charge in [-0.15, -0.1) is 0 Å². The van der Waals surface area contributed by atoms with Gasteiger partial charge in [-0.25, -0.2) is 5.43 Å². The van der Waals surface area contributed by atoms with Crippen LogP contribution in [-0.2, 0) is 17.4 Å². The number of rotatable bonds is 6. The number of methoxy groups -OCH3 is 1. The fraction of sp³-hybridized carbons (Fsp3) is 0.176. The molecule has 0 unspecified atom stereocenters. The summed E-state index contributed by atoms with van der Waals surface area (Å²) >= 11 is 0. The van der Waals surface area contributed by atoms with Gasteiger partial charge in [0, 0.05) is 11.6 Å². The third-order valence-electron chi connectivity index (χ3n) is 3.52. The number of nitro groups is 1. The van der Waals surface area contributed by atoms with Crippen LogP contribution < -0.4 is 10.2 Å². The van der Waals surface area contributed by atoms with Crippen molar-refractivity contribution >= 4 is 17.8 Å². The summed E-state index contributed by atoms with van der Waals surface area (Å²) in [4.78, 5) is 21.9. The van der Waals surface area contributed by atoms with Crippen molar-refractivity contribution in [3.8, 4) is 11.5 Å². The van der Waals surface area contributed by atoms with Crippen LogP contribution in [0.3, 0.4) is 0 Å². The minimum Gasteiger partial charge on any atom is -0.500 e. The van der Waals surface area contributed by atoms with Gasteiger partial charge in [0.2, 0.25) is 11.7 Å². The molecule has 0 bridgehead atoms. The Balaban J connectivity index is 2.08. The second kappa shape index (κ2) is 8.37.